The summed E-state index contributed by atoms with van der Waals surface area (Å²) >= 11 is 0. The van der Waals surface area contributed by atoms with Gasteiger partial charge in [0.15, 0.2) is 5.03 Å². The van der Waals surface area contributed by atoms with Crippen molar-refractivity contribution >= 4 is 10.0 Å². The first kappa shape index (κ1) is 14.2. The number of nitrogens with one attached hydrogen (secondary N) is 3. The van der Waals surface area contributed by atoms with Gasteiger partial charge in [0.1, 0.15) is 0 Å². The van der Waals surface area contributed by atoms with E-state index in [2.05, 4.69) is 30.5 Å². The molecule has 10 heteroatoms. The Kier molecular flexibility index (Phi) is 3.99. The van der Waals surface area contributed by atoms with E-state index in [9.17, 15) is 8.42 Å². The molecule has 0 aliphatic heterocycles. The van der Waals surface area contributed by atoms with E-state index in [-0.39, 0.29) is 11.6 Å². The Hall–Kier alpha value is -1.78. The van der Waals surface area contributed by atoms with E-state index < -0.39 is 10.0 Å². The van der Waals surface area contributed by atoms with Crippen molar-refractivity contribution in [3.05, 3.63) is 24.2 Å². The fourth-order valence-electron chi connectivity index (χ4n) is 1.92. The van der Waals surface area contributed by atoms with Crippen molar-refractivity contribution in [2.45, 2.75) is 37.0 Å². The van der Waals surface area contributed by atoms with Gasteiger partial charge in [-0.15, -0.1) is 5.10 Å². The van der Waals surface area contributed by atoms with Gasteiger partial charge >= 0.3 is 0 Å². The molecule has 1 saturated carbocycles. The van der Waals surface area contributed by atoms with E-state index in [1.807, 2.05) is 0 Å². The van der Waals surface area contributed by atoms with E-state index in [0.29, 0.717) is 24.7 Å². The van der Waals surface area contributed by atoms with Crippen LogP contribution in [0.5, 0.6) is 0 Å². The lowest BCUT2D eigenvalue weighted by Gasteiger charge is -2.07. The van der Waals surface area contributed by atoms with Crippen LogP contribution in [0.1, 0.15) is 18.4 Å². The number of hydrogen-bond donors (Lipinski definition) is 3. The molecule has 0 spiro atoms. The van der Waals surface area contributed by atoms with Crippen LogP contribution in [0.2, 0.25) is 0 Å². The maximum Gasteiger partial charge on any atom is 0.257 e. The zero-order chi connectivity index (χ0) is 14.7. The molecule has 9 nitrogen and oxygen atoms in total. The fourth-order valence-corrected chi connectivity index (χ4v) is 3.07. The summed E-state index contributed by atoms with van der Waals surface area (Å²) < 4.78 is 28.6. The Labute approximate surface area is 122 Å². The number of hydrogen-bond acceptors (Lipinski definition) is 6. The number of aromatic amines is 1. The third kappa shape index (κ3) is 3.65. The van der Waals surface area contributed by atoms with Gasteiger partial charge in [0.25, 0.3) is 10.0 Å². The molecule has 0 bridgehead atoms. The maximum atomic E-state index is 12.2. The molecule has 114 valence electrons. The van der Waals surface area contributed by atoms with Crippen LogP contribution in [0.15, 0.2) is 23.6 Å². The standard InChI is InChI=1S/C11H17N7O2S/c19-21(20,15-4-6-18-5-3-13-17-18)11-9(8-14-16-11)7-12-10-1-2-10/h3,5,8,10,12,15H,1-2,4,6-7H2,(H,14,16). The lowest BCUT2D eigenvalue weighted by Crippen LogP contribution is -2.29. The average molecular weight is 311 g/mol. The molecule has 0 saturated heterocycles. The summed E-state index contributed by atoms with van der Waals surface area (Å²) in [7, 11) is -3.60. The van der Waals surface area contributed by atoms with Gasteiger partial charge in [-0.25, -0.2) is 13.1 Å². The molecule has 0 amide bonds. The highest BCUT2D eigenvalue weighted by molar-refractivity contribution is 7.89. The monoisotopic (exact) mass is 311 g/mol. The minimum absolute atomic E-state index is 0.120. The first-order valence-corrected chi connectivity index (χ1v) is 8.23. The summed E-state index contributed by atoms with van der Waals surface area (Å²) in [6.45, 7) is 1.16. The van der Waals surface area contributed by atoms with E-state index in [0.717, 1.165) is 12.8 Å². The van der Waals surface area contributed by atoms with Crippen LogP contribution in [0, 0.1) is 0 Å². The quantitative estimate of drug-likeness (QED) is 0.589. The zero-order valence-corrected chi connectivity index (χ0v) is 12.2. The van der Waals surface area contributed by atoms with Crippen LogP contribution >= 0.6 is 0 Å². The van der Waals surface area contributed by atoms with Crippen molar-refractivity contribution in [3.63, 3.8) is 0 Å². The Morgan fingerprint density at radius 3 is 3.00 bits per heavy atom. The third-order valence-electron chi connectivity index (χ3n) is 3.21. The lowest BCUT2D eigenvalue weighted by atomic mass is 10.3. The summed E-state index contributed by atoms with van der Waals surface area (Å²) in [4.78, 5) is 0. The van der Waals surface area contributed by atoms with Crippen LogP contribution in [-0.4, -0.2) is 46.2 Å². The van der Waals surface area contributed by atoms with E-state index in [1.54, 1.807) is 23.3 Å². The molecule has 21 heavy (non-hydrogen) atoms. The molecule has 2 heterocycles. The second-order valence-corrected chi connectivity index (χ2v) is 6.65. The van der Waals surface area contributed by atoms with Crippen LogP contribution in [0.4, 0.5) is 0 Å². The molecular formula is C11H17N7O2S. The minimum Gasteiger partial charge on any atom is -0.310 e. The molecule has 0 unspecified atom stereocenters. The van der Waals surface area contributed by atoms with Gasteiger partial charge in [0.2, 0.25) is 0 Å². The van der Waals surface area contributed by atoms with E-state index in [1.165, 1.54) is 0 Å². The molecule has 0 atom stereocenters. The Morgan fingerprint density at radius 1 is 1.43 bits per heavy atom. The smallest absolute Gasteiger partial charge is 0.257 e. The van der Waals surface area contributed by atoms with Crippen LogP contribution < -0.4 is 10.0 Å². The number of H-pyrrole nitrogens is 1. The van der Waals surface area contributed by atoms with Crippen molar-refractivity contribution in [1.29, 1.82) is 0 Å². The molecule has 1 aliphatic carbocycles. The summed E-state index contributed by atoms with van der Waals surface area (Å²) in [6.07, 6.45) is 7.06. The summed E-state index contributed by atoms with van der Waals surface area (Å²) in [6, 6.07) is 0.510. The molecular weight excluding hydrogens is 294 g/mol. The summed E-state index contributed by atoms with van der Waals surface area (Å²) in [5.41, 5.74) is 0.648. The lowest BCUT2D eigenvalue weighted by molar-refractivity contribution is 0.548. The molecule has 2 aromatic heterocycles. The first-order chi connectivity index (χ1) is 10.1. The number of aromatic nitrogens is 5. The Bertz CT molecular complexity index is 675. The second kappa shape index (κ2) is 5.92. The average Bonchev–Trinajstić information content (AvgIpc) is 2.93. The second-order valence-electron chi connectivity index (χ2n) is 4.94. The molecule has 2 aromatic rings. The normalized spacial score (nSPS) is 15.4. The summed E-state index contributed by atoms with van der Waals surface area (Å²) in [5, 5.41) is 17.2. The van der Waals surface area contributed by atoms with E-state index in [4.69, 9.17) is 0 Å². The summed E-state index contributed by atoms with van der Waals surface area (Å²) in [5.74, 6) is 0. The Balaban J connectivity index is 1.59. The SMILES string of the molecule is O=S(=O)(NCCn1ccnn1)c1[nH]ncc1CNC1CC1. The van der Waals surface area contributed by atoms with Crippen molar-refractivity contribution in [2.24, 2.45) is 0 Å². The van der Waals surface area contributed by atoms with Gasteiger partial charge in [0.05, 0.1) is 18.9 Å². The minimum atomic E-state index is -3.60. The zero-order valence-electron chi connectivity index (χ0n) is 11.4. The van der Waals surface area contributed by atoms with Crippen molar-refractivity contribution in [1.82, 2.24) is 35.2 Å². The predicted octanol–water partition coefficient (Wildman–Crippen LogP) is -0.768. The van der Waals surface area contributed by atoms with Crippen LogP contribution in [0.25, 0.3) is 0 Å². The molecule has 1 fully saturated rings. The van der Waals surface area contributed by atoms with Gasteiger partial charge in [0, 0.05) is 30.9 Å². The van der Waals surface area contributed by atoms with Gasteiger partial charge in [-0.3, -0.25) is 9.78 Å². The first-order valence-electron chi connectivity index (χ1n) is 6.74. The maximum absolute atomic E-state index is 12.2. The molecule has 1 aliphatic rings. The number of nitrogens with zero attached hydrogens (tertiary/aromatic N) is 4. The van der Waals surface area contributed by atoms with Crippen LogP contribution in [-0.2, 0) is 23.1 Å². The molecule has 3 N–H and O–H groups in total. The fraction of sp³-hybridized carbons (Fsp3) is 0.545. The highest BCUT2D eigenvalue weighted by atomic mass is 32.2. The van der Waals surface area contributed by atoms with Gasteiger partial charge in [-0.05, 0) is 12.8 Å². The highest BCUT2D eigenvalue weighted by Gasteiger charge is 2.24. The van der Waals surface area contributed by atoms with Gasteiger partial charge in [-0.1, -0.05) is 5.21 Å². The van der Waals surface area contributed by atoms with Crippen molar-refractivity contribution in [3.8, 4) is 0 Å². The van der Waals surface area contributed by atoms with Crippen molar-refractivity contribution < 1.29 is 8.42 Å². The Morgan fingerprint density at radius 2 is 2.29 bits per heavy atom. The highest BCUT2D eigenvalue weighted by Crippen LogP contribution is 2.20. The largest absolute Gasteiger partial charge is 0.310 e. The number of rotatable bonds is 8. The number of sulfonamides is 1. The molecule has 0 radical (unpaired) electrons. The molecule has 3 rings (SSSR count). The van der Waals surface area contributed by atoms with Gasteiger partial charge in [-0.2, -0.15) is 5.10 Å². The van der Waals surface area contributed by atoms with Crippen molar-refractivity contribution in [2.75, 3.05) is 6.54 Å². The van der Waals surface area contributed by atoms with E-state index >= 15 is 0 Å². The van der Waals surface area contributed by atoms with Gasteiger partial charge < -0.3 is 5.32 Å². The van der Waals surface area contributed by atoms with Crippen LogP contribution in [0.3, 0.4) is 0 Å². The molecule has 0 aromatic carbocycles. The topological polar surface area (TPSA) is 118 Å². The predicted molar refractivity (Wildman–Crippen MR) is 73.7 cm³/mol. The third-order valence-corrected chi connectivity index (χ3v) is 4.69.